The van der Waals surface area contributed by atoms with Gasteiger partial charge >= 0.3 is 0 Å². The van der Waals surface area contributed by atoms with Crippen molar-refractivity contribution < 1.29 is 9.59 Å². The van der Waals surface area contributed by atoms with Crippen LogP contribution < -0.4 is 0 Å². The summed E-state index contributed by atoms with van der Waals surface area (Å²) in [6, 6.07) is 0.0225. The average Bonchev–Trinajstić information content (AvgIpc) is 2.72. The number of nitrogens with zero attached hydrogens (tertiary/aromatic N) is 1. The first-order valence-corrected chi connectivity index (χ1v) is 5.83. The molecule has 5 atom stereocenters. The van der Waals surface area contributed by atoms with Gasteiger partial charge in [-0.15, -0.1) is 0 Å². The van der Waals surface area contributed by atoms with Crippen LogP contribution in [0.2, 0.25) is 0 Å². The van der Waals surface area contributed by atoms with E-state index < -0.39 is 0 Å². The quantitative estimate of drug-likeness (QED) is 0.636. The highest BCUT2D eigenvalue weighted by molar-refractivity contribution is 5.88. The molecule has 0 unspecified atom stereocenters. The highest BCUT2D eigenvalue weighted by Gasteiger charge is 2.59. The summed E-state index contributed by atoms with van der Waals surface area (Å²) in [4.78, 5) is 25.5. The topological polar surface area (TPSA) is 37.4 Å². The summed E-state index contributed by atoms with van der Waals surface area (Å²) in [5.74, 6) is 2.41. The summed E-state index contributed by atoms with van der Waals surface area (Å²) >= 11 is 0. The maximum Gasteiger partial charge on any atom is 0.147 e. The number of likely N-dealkylation sites (tertiary alicyclic amines) is 1. The number of Topliss-reactive ketones (excluding diaryl/α,β-unsaturated/α-hetero) is 2. The summed E-state index contributed by atoms with van der Waals surface area (Å²) in [5, 5.41) is 0. The van der Waals surface area contributed by atoms with Gasteiger partial charge in [-0.25, -0.2) is 0 Å². The molecule has 0 aromatic rings. The van der Waals surface area contributed by atoms with Crippen molar-refractivity contribution >= 4 is 11.6 Å². The van der Waals surface area contributed by atoms with Crippen molar-refractivity contribution in [2.75, 3.05) is 13.6 Å². The minimum Gasteiger partial charge on any atom is -0.299 e. The molecule has 3 aliphatic rings. The molecule has 2 saturated carbocycles. The van der Waals surface area contributed by atoms with Gasteiger partial charge in [-0.1, -0.05) is 0 Å². The highest BCUT2D eigenvalue weighted by Crippen LogP contribution is 2.55. The van der Waals surface area contributed by atoms with Crippen LogP contribution in [0.4, 0.5) is 0 Å². The van der Waals surface area contributed by atoms with E-state index in [1.165, 1.54) is 0 Å². The molecule has 2 bridgehead atoms. The molecular weight excluding hydrogens is 190 g/mol. The zero-order valence-corrected chi connectivity index (χ0v) is 9.27. The lowest BCUT2D eigenvalue weighted by atomic mass is 9.77. The Balaban J connectivity index is 1.95. The Hall–Kier alpha value is -0.700. The van der Waals surface area contributed by atoms with E-state index in [9.17, 15) is 9.59 Å². The number of fused-ring (bicyclic) bond motifs is 5. The Labute approximate surface area is 89.8 Å². The molecule has 1 heterocycles. The molecular formula is C12H17NO2. The van der Waals surface area contributed by atoms with Crippen molar-refractivity contribution in [1.82, 2.24) is 4.90 Å². The van der Waals surface area contributed by atoms with Crippen molar-refractivity contribution in [3.8, 4) is 0 Å². The van der Waals surface area contributed by atoms with Gasteiger partial charge in [-0.3, -0.25) is 14.5 Å². The Kier molecular flexibility index (Phi) is 1.85. The fraction of sp³-hybridized carbons (Fsp3) is 0.833. The first-order valence-electron chi connectivity index (χ1n) is 5.83. The molecule has 1 saturated heterocycles. The second kappa shape index (κ2) is 2.91. The zero-order valence-electron chi connectivity index (χ0n) is 9.27. The number of carbonyl (C=O) groups is 2. The van der Waals surface area contributed by atoms with E-state index in [-0.39, 0.29) is 17.7 Å². The van der Waals surface area contributed by atoms with Gasteiger partial charge in [0.15, 0.2) is 0 Å². The Morgan fingerprint density at radius 3 is 2.87 bits per heavy atom. The molecule has 0 aromatic heterocycles. The zero-order chi connectivity index (χ0) is 10.7. The summed E-state index contributed by atoms with van der Waals surface area (Å²) in [6.07, 6.45) is 1.84. The van der Waals surface area contributed by atoms with Crippen LogP contribution in [-0.2, 0) is 9.59 Å². The van der Waals surface area contributed by atoms with Gasteiger partial charge in [-0.2, -0.15) is 0 Å². The summed E-state index contributed by atoms with van der Waals surface area (Å²) in [5.41, 5.74) is 0. The van der Waals surface area contributed by atoms with Gasteiger partial charge in [0.2, 0.25) is 0 Å². The molecule has 3 heteroatoms. The Morgan fingerprint density at radius 2 is 2.20 bits per heavy atom. The molecule has 1 aliphatic heterocycles. The number of carbonyl (C=O) groups excluding carboxylic acids is 2. The van der Waals surface area contributed by atoms with E-state index in [2.05, 4.69) is 4.90 Å². The second-order valence-electron chi connectivity index (χ2n) is 5.51. The van der Waals surface area contributed by atoms with Crippen LogP contribution in [0.25, 0.3) is 0 Å². The molecule has 3 rings (SSSR count). The monoisotopic (exact) mass is 207 g/mol. The Morgan fingerprint density at radius 1 is 1.47 bits per heavy atom. The van der Waals surface area contributed by atoms with E-state index in [4.69, 9.17) is 0 Å². The smallest absolute Gasteiger partial charge is 0.147 e. The number of rotatable bonds is 1. The van der Waals surface area contributed by atoms with E-state index >= 15 is 0 Å². The molecule has 3 fully saturated rings. The lowest BCUT2D eigenvalue weighted by Crippen LogP contribution is -2.39. The number of ketones is 2. The average molecular weight is 207 g/mol. The molecule has 15 heavy (non-hydrogen) atoms. The first kappa shape index (κ1) is 9.52. The standard InChI is InChI=1S/C12H17NO2/c1-6(14)12-11-8-3-7(4-10(8)15)9(11)5-13(12)2/h7-9,11-12H,3-5H2,1-2H3/t7-,8+,9+,11-,12+/m0/s1. The molecule has 0 N–H and O–H groups in total. The molecule has 2 aliphatic carbocycles. The third-order valence-electron chi connectivity index (χ3n) is 4.75. The van der Waals surface area contributed by atoms with E-state index in [0.29, 0.717) is 23.5 Å². The van der Waals surface area contributed by atoms with Crippen molar-refractivity contribution in [3.63, 3.8) is 0 Å². The van der Waals surface area contributed by atoms with Crippen LogP contribution >= 0.6 is 0 Å². The van der Waals surface area contributed by atoms with Crippen LogP contribution in [0.5, 0.6) is 0 Å². The predicted molar refractivity (Wildman–Crippen MR) is 55.3 cm³/mol. The minimum absolute atomic E-state index is 0.0225. The summed E-state index contributed by atoms with van der Waals surface area (Å²) in [7, 11) is 2.02. The predicted octanol–water partition coefficient (Wildman–Crippen LogP) is 0.731. The number of hydrogen-bond donors (Lipinski definition) is 0. The number of hydrogen-bond acceptors (Lipinski definition) is 3. The van der Waals surface area contributed by atoms with Gasteiger partial charge in [0.1, 0.15) is 11.6 Å². The normalized spacial score (nSPS) is 48.7. The molecule has 82 valence electrons. The van der Waals surface area contributed by atoms with Gasteiger partial charge in [0.05, 0.1) is 6.04 Å². The van der Waals surface area contributed by atoms with E-state index in [1.807, 2.05) is 7.05 Å². The van der Waals surface area contributed by atoms with Crippen molar-refractivity contribution in [3.05, 3.63) is 0 Å². The largest absolute Gasteiger partial charge is 0.299 e. The molecule has 0 amide bonds. The highest BCUT2D eigenvalue weighted by atomic mass is 16.1. The van der Waals surface area contributed by atoms with Gasteiger partial charge < -0.3 is 0 Å². The molecule has 3 nitrogen and oxygen atoms in total. The summed E-state index contributed by atoms with van der Waals surface area (Å²) in [6.45, 7) is 2.68. The van der Waals surface area contributed by atoms with Gasteiger partial charge in [0.25, 0.3) is 0 Å². The van der Waals surface area contributed by atoms with Crippen LogP contribution in [0.1, 0.15) is 19.8 Å². The first-order chi connectivity index (χ1) is 7.09. The SMILES string of the molecule is CC(=O)[C@@H]1[C@@H]2[C@H](CN1C)[C@@H]1CC(=O)[C@H]2C1. The van der Waals surface area contributed by atoms with Crippen molar-refractivity contribution in [2.24, 2.45) is 23.7 Å². The molecule has 0 radical (unpaired) electrons. The third kappa shape index (κ3) is 1.10. The van der Waals surface area contributed by atoms with E-state index in [0.717, 1.165) is 19.4 Å². The molecule has 0 spiro atoms. The fourth-order valence-electron chi connectivity index (χ4n) is 4.31. The van der Waals surface area contributed by atoms with Crippen molar-refractivity contribution in [2.45, 2.75) is 25.8 Å². The van der Waals surface area contributed by atoms with Crippen LogP contribution in [0.3, 0.4) is 0 Å². The summed E-state index contributed by atoms with van der Waals surface area (Å²) < 4.78 is 0. The van der Waals surface area contributed by atoms with Crippen LogP contribution in [-0.4, -0.2) is 36.1 Å². The maximum atomic E-state index is 11.7. The van der Waals surface area contributed by atoms with E-state index in [1.54, 1.807) is 6.92 Å². The lowest BCUT2D eigenvalue weighted by molar-refractivity contribution is -0.126. The van der Waals surface area contributed by atoms with Crippen LogP contribution in [0, 0.1) is 23.7 Å². The fourth-order valence-corrected chi connectivity index (χ4v) is 4.31. The third-order valence-corrected chi connectivity index (χ3v) is 4.75. The van der Waals surface area contributed by atoms with Crippen molar-refractivity contribution in [1.29, 1.82) is 0 Å². The minimum atomic E-state index is 0.0225. The maximum absolute atomic E-state index is 11.7. The lowest BCUT2D eigenvalue weighted by Gasteiger charge is -2.27. The Bertz CT molecular complexity index is 339. The van der Waals surface area contributed by atoms with Gasteiger partial charge in [-0.05, 0) is 38.1 Å². The second-order valence-corrected chi connectivity index (χ2v) is 5.51. The number of likely N-dealkylation sites (N-methyl/N-ethyl adjacent to an activating group) is 1. The van der Waals surface area contributed by atoms with Crippen LogP contribution in [0.15, 0.2) is 0 Å². The van der Waals surface area contributed by atoms with Gasteiger partial charge in [0, 0.05) is 18.9 Å². The molecule has 0 aromatic carbocycles.